The first kappa shape index (κ1) is 16.0. The van der Waals surface area contributed by atoms with Gasteiger partial charge in [-0.2, -0.15) is 4.31 Å². The molecule has 1 aliphatic rings. The molecule has 23 heavy (non-hydrogen) atoms. The van der Waals surface area contributed by atoms with Crippen molar-refractivity contribution in [2.75, 3.05) is 7.11 Å². The van der Waals surface area contributed by atoms with Crippen LogP contribution >= 0.6 is 0 Å². The smallest absolute Gasteiger partial charge is 0.243 e. The first-order valence-electron chi connectivity index (χ1n) is 7.41. The van der Waals surface area contributed by atoms with E-state index in [0.717, 1.165) is 30.2 Å². The fourth-order valence-corrected chi connectivity index (χ4v) is 4.15. The van der Waals surface area contributed by atoms with Crippen LogP contribution in [-0.4, -0.2) is 25.9 Å². The molecule has 0 amide bonds. The zero-order valence-electron chi connectivity index (χ0n) is 12.8. The molecule has 6 heteroatoms. The van der Waals surface area contributed by atoms with E-state index < -0.39 is 15.8 Å². The van der Waals surface area contributed by atoms with Crippen molar-refractivity contribution in [3.8, 4) is 5.75 Å². The van der Waals surface area contributed by atoms with E-state index in [9.17, 15) is 12.8 Å². The summed E-state index contributed by atoms with van der Waals surface area (Å²) in [6.45, 7) is 0.271. The highest BCUT2D eigenvalue weighted by Gasteiger charge is 2.38. The van der Waals surface area contributed by atoms with Crippen molar-refractivity contribution in [1.82, 2.24) is 4.31 Å². The van der Waals surface area contributed by atoms with E-state index >= 15 is 0 Å². The minimum Gasteiger partial charge on any atom is -0.497 e. The Bertz CT molecular complexity index is 786. The molecule has 3 rings (SSSR count). The number of hydrogen-bond acceptors (Lipinski definition) is 3. The van der Waals surface area contributed by atoms with E-state index in [1.165, 1.54) is 22.5 Å². The fraction of sp³-hybridized carbons (Fsp3) is 0.294. The van der Waals surface area contributed by atoms with Crippen LogP contribution in [0.4, 0.5) is 4.39 Å². The van der Waals surface area contributed by atoms with Gasteiger partial charge in [-0.25, -0.2) is 12.8 Å². The Morgan fingerprint density at radius 2 is 1.87 bits per heavy atom. The fourth-order valence-electron chi connectivity index (χ4n) is 2.45. The molecule has 0 aromatic heterocycles. The van der Waals surface area contributed by atoms with Crippen LogP contribution < -0.4 is 4.74 Å². The molecule has 2 aromatic carbocycles. The molecule has 1 saturated carbocycles. The molecule has 0 spiro atoms. The number of ether oxygens (including phenoxy) is 1. The van der Waals surface area contributed by atoms with Gasteiger partial charge in [-0.3, -0.25) is 0 Å². The predicted molar refractivity (Wildman–Crippen MR) is 85.1 cm³/mol. The van der Waals surface area contributed by atoms with Crippen LogP contribution in [0.15, 0.2) is 53.4 Å². The monoisotopic (exact) mass is 335 g/mol. The average Bonchev–Trinajstić information content (AvgIpc) is 3.37. The molecule has 0 radical (unpaired) electrons. The Kier molecular flexibility index (Phi) is 4.37. The molecule has 0 unspecified atom stereocenters. The molecule has 1 aliphatic carbocycles. The predicted octanol–water partition coefficient (Wildman–Crippen LogP) is 3.19. The van der Waals surface area contributed by atoms with E-state index in [0.29, 0.717) is 0 Å². The van der Waals surface area contributed by atoms with Gasteiger partial charge >= 0.3 is 0 Å². The lowest BCUT2D eigenvalue weighted by molar-refractivity contribution is 0.396. The highest BCUT2D eigenvalue weighted by atomic mass is 32.2. The van der Waals surface area contributed by atoms with E-state index in [4.69, 9.17) is 4.74 Å². The van der Waals surface area contributed by atoms with Crippen LogP contribution in [0.5, 0.6) is 5.75 Å². The number of methoxy groups -OCH3 is 1. The molecule has 0 saturated heterocycles. The lowest BCUT2D eigenvalue weighted by Crippen LogP contribution is -2.32. The highest BCUT2D eigenvalue weighted by molar-refractivity contribution is 7.89. The third-order valence-corrected chi connectivity index (χ3v) is 5.75. The van der Waals surface area contributed by atoms with Crippen LogP contribution in [0, 0.1) is 5.82 Å². The van der Waals surface area contributed by atoms with Crippen molar-refractivity contribution in [3.05, 3.63) is 59.9 Å². The quantitative estimate of drug-likeness (QED) is 0.814. The van der Waals surface area contributed by atoms with Crippen LogP contribution in [0.25, 0.3) is 0 Å². The Morgan fingerprint density at radius 3 is 2.43 bits per heavy atom. The molecule has 1 fully saturated rings. The van der Waals surface area contributed by atoms with Crippen LogP contribution in [0.3, 0.4) is 0 Å². The summed E-state index contributed by atoms with van der Waals surface area (Å²) in [5.74, 6) is 0.172. The minimum absolute atomic E-state index is 0.00193. The van der Waals surface area contributed by atoms with Gasteiger partial charge in [0.25, 0.3) is 0 Å². The van der Waals surface area contributed by atoms with Gasteiger partial charge in [0.05, 0.1) is 12.0 Å². The molecular weight excluding hydrogens is 317 g/mol. The summed E-state index contributed by atoms with van der Waals surface area (Å²) in [7, 11) is -2.13. The van der Waals surface area contributed by atoms with Crippen molar-refractivity contribution >= 4 is 10.0 Å². The summed E-state index contributed by atoms with van der Waals surface area (Å²) in [5.41, 5.74) is 0.873. The summed E-state index contributed by atoms with van der Waals surface area (Å²) in [4.78, 5) is -0.00193. The maximum Gasteiger partial charge on any atom is 0.243 e. The second-order valence-corrected chi connectivity index (χ2v) is 7.48. The van der Waals surface area contributed by atoms with Gasteiger partial charge in [-0.1, -0.05) is 18.2 Å². The molecule has 0 bridgehead atoms. The first-order chi connectivity index (χ1) is 11.0. The van der Waals surface area contributed by atoms with Crippen molar-refractivity contribution in [2.45, 2.75) is 30.3 Å². The molecule has 122 valence electrons. The van der Waals surface area contributed by atoms with Crippen LogP contribution in [0.2, 0.25) is 0 Å². The Hall–Kier alpha value is -1.92. The SMILES string of the molecule is COc1ccc(CN(C2CC2)S(=O)(=O)c2cccc(F)c2)cc1. The van der Waals surface area contributed by atoms with E-state index in [1.807, 2.05) is 12.1 Å². The molecule has 4 nitrogen and oxygen atoms in total. The van der Waals surface area contributed by atoms with Crippen LogP contribution in [0.1, 0.15) is 18.4 Å². The topological polar surface area (TPSA) is 46.6 Å². The number of rotatable bonds is 6. The van der Waals surface area contributed by atoms with E-state index in [2.05, 4.69) is 0 Å². The maximum absolute atomic E-state index is 13.4. The Balaban J connectivity index is 1.89. The van der Waals surface area contributed by atoms with E-state index in [1.54, 1.807) is 19.2 Å². The van der Waals surface area contributed by atoms with Gasteiger partial charge in [0.15, 0.2) is 0 Å². The number of nitrogens with zero attached hydrogens (tertiary/aromatic N) is 1. The van der Waals surface area contributed by atoms with Crippen LogP contribution in [-0.2, 0) is 16.6 Å². The lowest BCUT2D eigenvalue weighted by atomic mass is 10.2. The third-order valence-electron chi connectivity index (χ3n) is 3.85. The van der Waals surface area contributed by atoms with Gasteiger partial charge in [0, 0.05) is 12.6 Å². The van der Waals surface area contributed by atoms with Crippen molar-refractivity contribution < 1.29 is 17.5 Å². The summed E-state index contributed by atoms with van der Waals surface area (Å²) in [6.07, 6.45) is 1.68. The molecule has 0 heterocycles. The average molecular weight is 335 g/mol. The number of sulfonamides is 1. The summed E-state index contributed by atoms with van der Waals surface area (Å²) < 4.78 is 45.6. The van der Waals surface area contributed by atoms with Gasteiger partial charge in [-0.15, -0.1) is 0 Å². The largest absolute Gasteiger partial charge is 0.497 e. The zero-order valence-corrected chi connectivity index (χ0v) is 13.6. The number of halogens is 1. The number of hydrogen-bond donors (Lipinski definition) is 0. The van der Waals surface area contributed by atoms with Gasteiger partial charge < -0.3 is 4.74 Å². The van der Waals surface area contributed by atoms with Crippen molar-refractivity contribution in [1.29, 1.82) is 0 Å². The maximum atomic E-state index is 13.4. The summed E-state index contributed by atoms with van der Waals surface area (Å²) >= 11 is 0. The Labute approximate surface area is 135 Å². The second kappa shape index (κ2) is 6.29. The third kappa shape index (κ3) is 3.54. The van der Waals surface area contributed by atoms with Crippen molar-refractivity contribution in [2.24, 2.45) is 0 Å². The summed E-state index contributed by atoms with van der Waals surface area (Å²) in [6, 6.07) is 12.4. The number of benzene rings is 2. The van der Waals surface area contributed by atoms with Gasteiger partial charge in [0.2, 0.25) is 10.0 Å². The first-order valence-corrected chi connectivity index (χ1v) is 8.85. The van der Waals surface area contributed by atoms with Gasteiger partial charge in [-0.05, 0) is 48.7 Å². The molecule has 0 aliphatic heterocycles. The van der Waals surface area contributed by atoms with Crippen molar-refractivity contribution in [3.63, 3.8) is 0 Å². The molecule has 0 atom stereocenters. The normalized spacial score (nSPS) is 14.9. The molecule has 2 aromatic rings. The molecule has 0 N–H and O–H groups in total. The second-order valence-electron chi connectivity index (χ2n) is 5.59. The molecular formula is C17H18FNO3S. The summed E-state index contributed by atoms with van der Waals surface area (Å²) in [5, 5.41) is 0. The van der Waals surface area contributed by atoms with Gasteiger partial charge in [0.1, 0.15) is 11.6 Å². The highest BCUT2D eigenvalue weighted by Crippen LogP contribution is 2.33. The van der Waals surface area contributed by atoms with E-state index in [-0.39, 0.29) is 17.5 Å². The standard InChI is InChI=1S/C17H18FNO3S/c1-22-16-9-5-13(6-10-16)12-19(15-7-8-15)23(20,21)17-4-2-3-14(18)11-17/h2-6,9-11,15H,7-8,12H2,1H3. The Morgan fingerprint density at radius 1 is 1.17 bits per heavy atom. The minimum atomic E-state index is -3.71. The zero-order chi connectivity index (χ0) is 16.4. The lowest BCUT2D eigenvalue weighted by Gasteiger charge is -2.22.